The number of esters is 1. The van der Waals surface area contributed by atoms with Crippen molar-refractivity contribution in [2.24, 2.45) is 0 Å². The molecule has 0 aliphatic heterocycles. The van der Waals surface area contributed by atoms with Gasteiger partial charge in [0.15, 0.2) is 6.61 Å². The fraction of sp³-hybridized carbons (Fsp3) is 0.0870. The minimum absolute atomic E-state index is 0.114. The van der Waals surface area contributed by atoms with E-state index in [0.29, 0.717) is 5.52 Å². The summed E-state index contributed by atoms with van der Waals surface area (Å²) in [5, 5.41) is 16.0. The van der Waals surface area contributed by atoms with Crippen LogP contribution in [-0.4, -0.2) is 35.5 Å². The normalized spacial score (nSPS) is 10.7. The number of nitrogens with zero attached hydrogens (tertiary/aromatic N) is 2. The van der Waals surface area contributed by atoms with E-state index in [1.807, 2.05) is 30.3 Å². The molecule has 0 aliphatic rings. The van der Waals surface area contributed by atoms with Gasteiger partial charge in [-0.2, -0.15) is 0 Å². The van der Waals surface area contributed by atoms with Crippen LogP contribution in [-0.2, 0) is 9.53 Å². The van der Waals surface area contributed by atoms with Gasteiger partial charge in [-0.1, -0.05) is 30.3 Å². The van der Waals surface area contributed by atoms with E-state index in [9.17, 15) is 19.7 Å². The van der Waals surface area contributed by atoms with Crippen molar-refractivity contribution in [1.29, 1.82) is 0 Å². The van der Waals surface area contributed by atoms with E-state index in [0.717, 1.165) is 16.2 Å². The topological polar surface area (TPSA) is 121 Å². The molecule has 0 saturated carbocycles. The van der Waals surface area contributed by atoms with Gasteiger partial charge in [0.2, 0.25) is 0 Å². The van der Waals surface area contributed by atoms with E-state index >= 15 is 0 Å². The number of anilines is 1. The number of amides is 1. The summed E-state index contributed by atoms with van der Waals surface area (Å²) in [6.45, 7) is -0.555. The average molecular weight is 431 g/mol. The number of nitro benzene ring substituents is 1. The Hall–Kier alpha value is -4.53. The number of pyridine rings is 1. The van der Waals surface area contributed by atoms with Gasteiger partial charge in [0, 0.05) is 17.6 Å². The van der Waals surface area contributed by atoms with Crippen LogP contribution < -0.4 is 10.1 Å². The number of carbonyl (C=O) groups is 2. The molecule has 0 fully saturated rings. The number of ether oxygens (including phenoxy) is 2. The van der Waals surface area contributed by atoms with Crippen molar-refractivity contribution in [2.75, 3.05) is 19.0 Å². The molecule has 160 valence electrons. The molecule has 0 saturated heterocycles. The highest BCUT2D eigenvalue weighted by Gasteiger charge is 2.18. The van der Waals surface area contributed by atoms with Crippen LogP contribution in [0.5, 0.6) is 5.75 Å². The lowest BCUT2D eigenvalue weighted by Crippen LogP contribution is -2.21. The lowest BCUT2D eigenvalue weighted by molar-refractivity contribution is -0.384. The van der Waals surface area contributed by atoms with Gasteiger partial charge in [-0.25, -0.2) is 4.79 Å². The monoisotopic (exact) mass is 431 g/mol. The summed E-state index contributed by atoms with van der Waals surface area (Å²) in [4.78, 5) is 39.7. The number of nitro groups is 1. The zero-order valence-electron chi connectivity index (χ0n) is 16.9. The lowest BCUT2D eigenvalue weighted by Gasteiger charge is -2.11. The third-order valence-corrected chi connectivity index (χ3v) is 4.84. The van der Waals surface area contributed by atoms with Crippen LogP contribution in [0, 0.1) is 10.1 Å². The lowest BCUT2D eigenvalue weighted by atomic mass is 10.0. The van der Waals surface area contributed by atoms with Crippen molar-refractivity contribution in [3.63, 3.8) is 0 Å². The zero-order chi connectivity index (χ0) is 22.7. The van der Waals surface area contributed by atoms with Crippen LogP contribution in [0.1, 0.15) is 10.4 Å². The SMILES string of the molecule is COc1cc([N+](=O)[O-])ccc1NC(=O)COC(=O)c1cc2ccccc2c2cccnc12. The molecule has 4 aromatic rings. The molecule has 1 aromatic heterocycles. The van der Waals surface area contributed by atoms with Crippen LogP contribution in [0.3, 0.4) is 0 Å². The summed E-state index contributed by atoms with van der Waals surface area (Å²) in [5.74, 6) is -1.20. The molecular formula is C23H17N3O6. The minimum Gasteiger partial charge on any atom is -0.494 e. The number of hydrogen-bond donors (Lipinski definition) is 1. The quantitative estimate of drug-likeness (QED) is 0.211. The Morgan fingerprint density at radius 3 is 2.62 bits per heavy atom. The van der Waals surface area contributed by atoms with Crippen LogP contribution in [0.4, 0.5) is 11.4 Å². The van der Waals surface area contributed by atoms with Crippen molar-refractivity contribution in [3.8, 4) is 5.75 Å². The number of non-ortho nitro benzene ring substituents is 1. The van der Waals surface area contributed by atoms with E-state index in [-0.39, 0.29) is 22.7 Å². The standard InChI is InChI=1S/C23H17N3O6/c1-31-20-12-15(26(29)30)8-9-19(20)25-21(27)13-32-23(28)18-11-14-5-2-3-6-16(14)17-7-4-10-24-22(17)18/h2-12H,13H2,1H3,(H,25,27). The van der Waals surface area contributed by atoms with E-state index in [2.05, 4.69) is 10.3 Å². The number of rotatable bonds is 6. The summed E-state index contributed by atoms with van der Waals surface area (Å²) in [5.41, 5.74) is 0.771. The predicted octanol–water partition coefficient (Wildman–Crippen LogP) is 4.10. The Labute approximate surface area is 181 Å². The Morgan fingerprint density at radius 2 is 1.84 bits per heavy atom. The maximum atomic E-state index is 12.8. The molecule has 0 aliphatic carbocycles. The Kier molecular flexibility index (Phi) is 5.63. The maximum Gasteiger partial charge on any atom is 0.340 e. The molecule has 0 unspecified atom stereocenters. The number of methoxy groups -OCH3 is 1. The predicted molar refractivity (Wildman–Crippen MR) is 118 cm³/mol. The molecule has 32 heavy (non-hydrogen) atoms. The Balaban J connectivity index is 1.52. The van der Waals surface area contributed by atoms with Gasteiger partial charge in [-0.05, 0) is 29.0 Å². The van der Waals surface area contributed by atoms with E-state index in [1.165, 1.54) is 25.3 Å². The van der Waals surface area contributed by atoms with Crippen molar-refractivity contribution in [1.82, 2.24) is 4.98 Å². The van der Waals surface area contributed by atoms with Gasteiger partial charge in [0.25, 0.3) is 11.6 Å². The third kappa shape index (κ3) is 4.04. The molecule has 1 N–H and O–H groups in total. The van der Waals surface area contributed by atoms with E-state index < -0.39 is 23.4 Å². The highest BCUT2D eigenvalue weighted by Crippen LogP contribution is 2.29. The van der Waals surface area contributed by atoms with Crippen LogP contribution in [0.15, 0.2) is 66.9 Å². The van der Waals surface area contributed by atoms with Crippen molar-refractivity contribution < 1.29 is 24.0 Å². The molecular weight excluding hydrogens is 414 g/mol. The van der Waals surface area contributed by atoms with Crippen LogP contribution in [0.2, 0.25) is 0 Å². The second-order valence-electron chi connectivity index (χ2n) is 6.81. The maximum absolute atomic E-state index is 12.8. The molecule has 0 spiro atoms. The number of aromatic nitrogens is 1. The van der Waals surface area contributed by atoms with Gasteiger partial charge < -0.3 is 14.8 Å². The molecule has 9 nitrogen and oxygen atoms in total. The first-order valence-corrected chi connectivity index (χ1v) is 9.54. The van der Waals surface area contributed by atoms with Crippen LogP contribution in [0.25, 0.3) is 21.7 Å². The second kappa shape index (κ2) is 8.68. The highest BCUT2D eigenvalue weighted by atomic mass is 16.6. The molecule has 3 aromatic carbocycles. The first-order valence-electron chi connectivity index (χ1n) is 9.54. The molecule has 4 rings (SSSR count). The fourth-order valence-corrected chi connectivity index (χ4v) is 3.38. The van der Waals surface area contributed by atoms with Gasteiger partial charge >= 0.3 is 5.97 Å². The number of carbonyl (C=O) groups excluding carboxylic acids is 2. The van der Waals surface area contributed by atoms with E-state index in [1.54, 1.807) is 18.3 Å². The smallest absolute Gasteiger partial charge is 0.340 e. The van der Waals surface area contributed by atoms with Gasteiger partial charge in [-0.3, -0.25) is 19.9 Å². The van der Waals surface area contributed by atoms with Crippen molar-refractivity contribution >= 4 is 44.9 Å². The average Bonchev–Trinajstić information content (AvgIpc) is 2.82. The second-order valence-corrected chi connectivity index (χ2v) is 6.81. The molecule has 1 heterocycles. The summed E-state index contributed by atoms with van der Waals surface area (Å²) < 4.78 is 10.3. The molecule has 9 heteroatoms. The molecule has 0 bridgehead atoms. The molecule has 1 amide bonds. The number of benzene rings is 3. The minimum atomic E-state index is -0.690. The summed E-state index contributed by atoms with van der Waals surface area (Å²) in [6.07, 6.45) is 1.58. The van der Waals surface area contributed by atoms with Gasteiger partial charge in [0.1, 0.15) is 5.75 Å². The molecule has 0 radical (unpaired) electrons. The summed E-state index contributed by atoms with van der Waals surface area (Å²) >= 11 is 0. The largest absolute Gasteiger partial charge is 0.494 e. The highest BCUT2D eigenvalue weighted by molar-refractivity contribution is 6.14. The summed E-state index contributed by atoms with van der Waals surface area (Å²) in [6, 6.07) is 16.7. The van der Waals surface area contributed by atoms with Gasteiger partial charge in [-0.15, -0.1) is 0 Å². The summed E-state index contributed by atoms with van der Waals surface area (Å²) in [7, 11) is 1.33. The Morgan fingerprint density at radius 1 is 1.06 bits per heavy atom. The fourth-order valence-electron chi connectivity index (χ4n) is 3.38. The third-order valence-electron chi connectivity index (χ3n) is 4.84. The van der Waals surface area contributed by atoms with Crippen molar-refractivity contribution in [2.45, 2.75) is 0 Å². The number of hydrogen-bond acceptors (Lipinski definition) is 7. The number of nitrogens with one attached hydrogen (secondary N) is 1. The zero-order valence-corrected chi connectivity index (χ0v) is 16.9. The van der Waals surface area contributed by atoms with E-state index in [4.69, 9.17) is 9.47 Å². The van der Waals surface area contributed by atoms with Crippen LogP contribution >= 0.6 is 0 Å². The van der Waals surface area contributed by atoms with Crippen molar-refractivity contribution in [3.05, 3.63) is 82.5 Å². The first-order chi connectivity index (χ1) is 15.5. The van der Waals surface area contributed by atoms with Gasteiger partial charge in [0.05, 0.1) is 34.9 Å². The first kappa shape index (κ1) is 20.7. The Bertz CT molecular complexity index is 1370. The molecule has 0 atom stereocenters. The number of fused-ring (bicyclic) bond motifs is 3.